The second kappa shape index (κ2) is 7.88. The molecule has 2 aliphatic heterocycles. The van der Waals surface area contributed by atoms with Crippen molar-refractivity contribution in [3.8, 4) is 0 Å². The molecular weight excluding hydrogens is 440 g/mol. The third-order valence-corrected chi connectivity index (χ3v) is 8.04. The Morgan fingerprint density at radius 2 is 2.13 bits per heavy atom. The summed E-state index contributed by atoms with van der Waals surface area (Å²) in [6.07, 6.45) is 2.80. The van der Waals surface area contributed by atoms with Crippen LogP contribution in [0.2, 0.25) is 0 Å². The molecule has 0 bridgehead atoms. The average molecular weight is 464 g/mol. The number of carboxylic acids is 1. The molecule has 164 valence electrons. The lowest BCUT2D eigenvalue weighted by atomic mass is 9.79. The summed E-state index contributed by atoms with van der Waals surface area (Å²) in [6.45, 7) is 3.65. The molecule has 0 radical (unpaired) electrons. The third kappa shape index (κ3) is 3.60. The van der Waals surface area contributed by atoms with Crippen LogP contribution >= 0.6 is 23.1 Å². The highest BCUT2D eigenvalue weighted by Gasteiger charge is 2.60. The molecule has 0 aliphatic carbocycles. The lowest BCUT2D eigenvalue weighted by molar-refractivity contribution is -0.683. The number of aliphatic hydroxyl groups is 1. The average Bonchev–Trinajstić information content (AvgIpc) is 3.18. The Kier molecular flexibility index (Phi) is 5.52. The molecule has 1 fully saturated rings. The van der Waals surface area contributed by atoms with Crippen molar-refractivity contribution in [2.24, 2.45) is 11.8 Å². The lowest BCUT2D eigenvalue weighted by Crippen LogP contribution is -2.63. The van der Waals surface area contributed by atoms with Gasteiger partial charge in [0.1, 0.15) is 10.4 Å². The first kappa shape index (κ1) is 21.7. The van der Waals surface area contributed by atoms with E-state index >= 15 is 0 Å². The first-order chi connectivity index (χ1) is 14.6. The van der Waals surface area contributed by atoms with E-state index in [9.17, 15) is 24.6 Å². The third-order valence-electron chi connectivity index (χ3n) is 5.69. The molecule has 4 unspecified atom stereocenters. The van der Waals surface area contributed by atoms with Crippen molar-refractivity contribution in [1.29, 1.82) is 0 Å². The minimum Gasteiger partial charge on any atom is -0.477 e. The Hall–Kier alpha value is -2.50. The number of rotatable bonds is 6. The maximum absolute atomic E-state index is 12.5. The topological polar surface area (TPSA) is 115 Å². The van der Waals surface area contributed by atoms with Gasteiger partial charge in [-0.1, -0.05) is 18.7 Å². The molecular formula is C20H23N4O5S2+. The molecule has 2 aromatic rings. The van der Waals surface area contributed by atoms with E-state index in [1.165, 1.54) is 32.9 Å². The summed E-state index contributed by atoms with van der Waals surface area (Å²) in [7, 11) is 3.41. The number of thioether (sulfide) groups is 1. The van der Waals surface area contributed by atoms with Gasteiger partial charge < -0.3 is 20.0 Å². The highest BCUT2D eigenvalue weighted by molar-refractivity contribution is 8.04. The summed E-state index contributed by atoms with van der Waals surface area (Å²) in [5, 5.41) is 19.7. The van der Waals surface area contributed by atoms with Gasteiger partial charge in [-0.3, -0.25) is 9.59 Å². The maximum atomic E-state index is 12.5. The molecule has 11 heteroatoms. The van der Waals surface area contributed by atoms with Crippen LogP contribution in [0.25, 0.3) is 10.2 Å². The molecule has 2 amide bonds. The Balaban J connectivity index is 1.63. The number of amides is 2. The standard InChI is InChI=1S/C20H22N4O5S2/c1-9-15-14(10(2)25)18(27)24(15)16(19(28)29)17(9)31-20-21-11-5-6-23(7-12(11)30-20)8-13(26)22(3)4/h5-7,9-10,14-15,25H,8H2,1-4H3/p+1. The van der Waals surface area contributed by atoms with Gasteiger partial charge in [0.25, 0.3) is 5.91 Å². The fraction of sp³-hybridized carbons (Fsp3) is 0.450. The quantitative estimate of drug-likeness (QED) is 0.484. The van der Waals surface area contributed by atoms with Gasteiger partial charge in [-0.25, -0.2) is 9.78 Å². The smallest absolute Gasteiger partial charge is 0.353 e. The van der Waals surface area contributed by atoms with Gasteiger partial charge in [-0.2, -0.15) is 4.57 Å². The summed E-state index contributed by atoms with van der Waals surface area (Å²) in [5.41, 5.74) is 0.737. The number of carboxylic acid groups (broad SMARTS) is 1. The number of fused-ring (bicyclic) bond motifs is 2. The zero-order valence-electron chi connectivity index (χ0n) is 17.5. The number of thiazole rings is 1. The monoisotopic (exact) mass is 463 g/mol. The van der Waals surface area contributed by atoms with Crippen molar-refractivity contribution in [3.05, 3.63) is 29.1 Å². The number of nitrogens with zero attached hydrogens (tertiary/aromatic N) is 4. The van der Waals surface area contributed by atoms with Crippen LogP contribution in [0.15, 0.2) is 33.4 Å². The van der Waals surface area contributed by atoms with Crippen molar-refractivity contribution >= 4 is 51.1 Å². The predicted molar refractivity (Wildman–Crippen MR) is 114 cm³/mol. The molecule has 2 aliphatic rings. The number of β-lactam (4-membered cyclic amide) rings is 1. The van der Waals surface area contributed by atoms with Crippen molar-refractivity contribution in [1.82, 2.24) is 14.8 Å². The largest absolute Gasteiger partial charge is 0.477 e. The number of aliphatic carboxylic acids is 1. The molecule has 4 rings (SSSR count). The van der Waals surface area contributed by atoms with E-state index in [2.05, 4.69) is 4.98 Å². The summed E-state index contributed by atoms with van der Waals surface area (Å²) in [4.78, 5) is 44.4. The maximum Gasteiger partial charge on any atom is 0.353 e. The lowest BCUT2D eigenvalue weighted by Gasteiger charge is -2.46. The Labute approximate surface area is 187 Å². The molecule has 31 heavy (non-hydrogen) atoms. The van der Waals surface area contributed by atoms with Crippen LogP contribution in [-0.4, -0.2) is 69.0 Å². The van der Waals surface area contributed by atoms with Gasteiger partial charge in [-0.05, 0) is 6.92 Å². The van der Waals surface area contributed by atoms with E-state index in [1.54, 1.807) is 31.8 Å². The van der Waals surface area contributed by atoms with Crippen molar-refractivity contribution in [2.45, 2.75) is 36.9 Å². The summed E-state index contributed by atoms with van der Waals surface area (Å²) in [6, 6.07) is 1.47. The van der Waals surface area contributed by atoms with Gasteiger partial charge in [0.15, 0.2) is 16.7 Å². The van der Waals surface area contributed by atoms with E-state index in [0.717, 1.165) is 10.2 Å². The number of likely N-dealkylation sites (N-methyl/N-ethyl adjacent to an activating group) is 1. The predicted octanol–water partition coefficient (Wildman–Crippen LogP) is 0.918. The van der Waals surface area contributed by atoms with E-state index in [-0.39, 0.29) is 36.0 Å². The van der Waals surface area contributed by atoms with Crippen molar-refractivity contribution in [2.75, 3.05) is 14.1 Å². The second-order valence-electron chi connectivity index (χ2n) is 8.01. The minimum absolute atomic E-state index is 0.0182. The van der Waals surface area contributed by atoms with Gasteiger partial charge in [-0.15, -0.1) is 11.3 Å². The number of carbonyl (C=O) groups is 3. The Morgan fingerprint density at radius 1 is 1.42 bits per heavy atom. The number of aromatic nitrogens is 2. The first-order valence-corrected chi connectivity index (χ1v) is 11.4. The van der Waals surface area contributed by atoms with E-state index in [1.807, 2.05) is 19.2 Å². The minimum atomic E-state index is -1.16. The molecule has 2 N–H and O–H groups in total. The second-order valence-corrected chi connectivity index (χ2v) is 10.3. The SMILES string of the molecule is CC(O)C1C(=O)N2C(C(=O)O)=C(Sc3nc4cc[n+](CC(=O)N(C)C)cc4s3)C(C)C12. The van der Waals surface area contributed by atoms with E-state index < -0.39 is 18.0 Å². The number of aliphatic hydroxyl groups excluding tert-OH is 1. The van der Waals surface area contributed by atoms with Crippen LogP contribution in [-0.2, 0) is 20.9 Å². The van der Waals surface area contributed by atoms with Crippen LogP contribution in [0.3, 0.4) is 0 Å². The molecule has 9 nitrogen and oxygen atoms in total. The number of pyridine rings is 1. The Morgan fingerprint density at radius 3 is 2.74 bits per heavy atom. The van der Waals surface area contributed by atoms with Gasteiger partial charge in [0.05, 0.1) is 23.6 Å². The molecule has 2 aromatic heterocycles. The van der Waals surface area contributed by atoms with Gasteiger partial charge in [0.2, 0.25) is 12.5 Å². The highest BCUT2D eigenvalue weighted by Crippen LogP contribution is 2.52. The summed E-state index contributed by atoms with van der Waals surface area (Å²) in [5.74, 6) is -2.35. The molecule has 4 heterocycles. The molecule has 0 spiro atoms. The normalized spacial score (nSPS) is 23.7. The number of hydrogen-bond donors (Lipinski definition) is 2. The molecule has 1 saturated heterocycles. The van der Waals surface area contributed by atoms with Crippen molar-refractivity contribution < 1.29 is 29.2 Å². The van der Waals surface area contributed by atoms with Crippen LogP contribution in [0, 0.1) is 11.8 Å². The van der Waals surface area contributed by atoms with Crippen LogP contribution in [0.5, 0.6) is 0 Å². The van der Waals surface area contributed by atoms with Crippen LogP contribution in [0.4, 0.5) is 0 Å². The van der Waals surface area contributed by atoms with E-state index in [0.29, 0.717) is 9.24 Å². The first-order valence-electron chi connectivity index (χ1n) is 9.76. The van der Waals surface area contributed by atoms with Crippen molar-refractivity contribution in [3.63, 3.8) is 0 Å². The molecule has 0 saturated carbocycles. The van der Waals surface area contributed by atoms with Gasteiger partial charge >= 0.3 is 5.97 Å². The fourth-order valence-electron chi connectivity index (χ4n) is 4.08. The summed E-state index contributed by atoms with van der Waals surface area (Å²) < 4.78 is 3.33. The highest BCUT2D eigenvalue weighted by atomic mass is 32.2. The number of carbonyl (C=O) groups excluding carboxylic acids is 2. The van der Waals surface area contributed by atoms with Gasteiger partial charge in [0, 0.05) is 31.0 Å². The number of hydrogen-bond acceptors (Lipinski definition) is 7. The Bertz CT molecular complexity index is 1130. The zero-order valence-corrected chi connectivity index (χ0v) is 19.1. The van der Waals surface area contributed by atoms with E-state index in [4.69, 9.17) is 0 Å². The fourth-order valence-corrected chi connectivity index (χ4v) is 6.47. The molecule has 4 atom stereocenters. The zero-order chi connectivity index (χ0) is 22.6. The molecule has 0 aromatic carbocycles. The summed E-state index contributed by atoms with van der Waals surface area (Å²) >= 11 is 2.66. The van der Waals surface area contributed by atoms with Crippen LogP contribution in [0.1, 0.15) is 13.8 Å². The van der Waals surface area contributed by atoms with Crippen LogP contribution < -0.4 is 4.57 Å².